The van der Waals surface area contributed by atoms with Crippen molar-refractivity contribution in [2.24, 2.45) is 0 Å². The average Bonchev–Trinajstić information content (AvgIpc) is 3.50. The van der Waals surface area contributed by atoms with E-state index in [9.17, 15) is 4.79 Å². The number of fused-ring (bicyclic) bond motifs is 1. The van der Waals surface area contributed by atoms with E-state index in [1.165, 1.54) is 11.8 Å². The van der Waals surface area contributed by atoms with Crippen LogP contribution in [-0.4, -0.2) is 62.8 Å². The molecule has 1 aromatic carbocycles. The van der Waals surface area contributed by atoms with Gasteiger partial charge >= 0.3 is 0 Å². The lowest BCUT2D eigenvalue weighted by Crippen LogP contribution is -2.49. The van der Waals surface area contributed by atoms with Gasteiger partial charge in [0.2, 0.25) is 17.6 Å². The Balaban J connectivity index is 1.13. The number of carbonyl (C=O) groups is 1. The highest BCUT2D eigenvalue weighted by Gasteiger charge is 2.22. The van der Waals surface area contributed by atoms with Gasteiger partial charge in [0, 0.05) is 43.9 Å². The molecule has 1 aliphatic heterocycles. The van der Waals surface area contributed by atoms with Gasteiger partial charge in [-0.05, 0) is 24.3 Å². The van der Waals surface area contributed by atoms with E-state index in [4.69, 9.17) is 4.52 Å². The van der Waals surface area contributed by atoms with E-state index in [2.05, 4.69) is 31.1 Å². The quantitative estimate of drug-likeness (QED) is 0.377. The summed E-state index contributed by atoms with van der Waals surface area (Å²) in [6.07, 6.45) is 1.77. The van der Waals surface area contributed by atoms with Crippen molar-refractivity contribution in [3.05, 3.63) is 48.5 Å². The molecule has 10 heteroatoms. The Morgan fingerprint density at radius 3 is 2.64 bits per heavy atom. The number of hydrogen-bond donors (Lipinski definition) is 0. The zero-order chi connectivity index (χ0) is 22.8. The molecule has 0 saturated carbocycles. The molecule has 4 aromatic rings. The number of rotatable bonds is 6. The van der Waals surface area contributed by atoms with Crippen molar-refractivity contribution in [3.8, 4) is 11.4 Å². The van der Waals surface area contributed by atoms with Crippen LogP contribution in [0.4, 0.5) is 5.82 Å². The average molecular weight is 481 g/mol. The topological polar surface area (TPSA) is 88.3 Å². The van der Waals surface area contributed by atoms with Crippen LogP contribution in [0.5, 0.6) is 0 Å². The third kappa shape index (κ3) is 4.86. The molecule has 0 radical (unpaired) electrons. The van der Waals surface area contributed by atoms with E-state index in [0.29, 0.717) is 30.6 Å². The van der Waals surface area contributed by atoms with Gasteiger partial charge in [0.25, 0.3) is 0 Å². The monoisotopic (exact) mass is 480 g/mol. The van der Waals surface area contributed by atoms with Gasteiger partial charge in [0.1, 0.15) is 5.82 Å². The highest BCUT2D eigenvalue weighted by molar-refractivity contribution is 8.01. The number of thioether (sulfide) groups is 1. The number of amides is 1. The Kier molecular flexibility index (Phi) is 6.28. The first kappa shape index (κ1) is 21.8. The van der Waals surface area contributed by atoms with E-state index in [0.717, 1.165) is 39.0 Å². The van der Waals surface area contributed by atoms with Gasteiger partial charge in [0.05, 0.1) is 16.0 Å². The van der Waals surface area contributed by atoms with E-state index in [-0.39, 0.29) is 11.8 Å². The molecular formula is C23H24N6O2S2. The molecule has 1 aliphatic rings. The number of nitrogens with zero attached hydrogens (tertiary/aromatic N) is 6. The van der Waals surface area contributed by atoms with Crippen LogP contribution in [0, 0.1) is 0 Å². The Bertz CT molecular complexity index is 1210. The Morgan fingerprint density at radius 2 is 1.94 bits per heavy atom. The molecule has 170 valence electrons. The summed E-state index contributed by atoms with van der Waals surface area (Å²) in [6, 6.07) is 12.0. The normalized spacial score (nSPS) is 14.4. The summed E-state index contributed by atoms with van der Waals surface area (Å²) in [6.45, 7) is 6.91. The number of thiazole rings is 1. The van der Waals surface area contributed by atoms with Crippen LogP contribution in [0.25, 0.3) is 21.6 Å². The van der Waals surface area contributed by atoms with Crippen molar-refractivity contribution in [1.29, 1.82) is 0 Å². The van der Waals surface area contributed by atoms with Crippen LogP contribution < -0.4 is 4.90 Å². The molecule has 3 aromatic heterocycles. The van der Waals surface area contributed by atoms with Crippen molar-refractivity contribution in [1.82, 2.24) is 25.0 Å². The molecule has 0 N–H and O–H groups in total. The number of anilines is 1. The van der Waals surface area contributed by atoms with Crippen LogP contribution >= 0.6 is 23.1 Å². The molecule has 0 bridgehead atoms. The molecule has 0 unspecified atom stereocenters. The Morgan fingerprint density at radius 1 is 1.12 bits per heavy atom. The molecular weight excluding hydrogens is 456 g/mol. The number of para-hydroxylation sites is 1. The first-order chi connectivity index (χ1) is 16.1. The summed E-state index contributed by atoms with van der Waals surface area (Å²) in [7, 11) is 0. The minimum Gasteiger partial charge on any atom is -0.353 e. The maximum absolute atomic E-state index is 12.7. The molecule has 33 heavy (non-hydrogen) atoms. The minimum absolute atomic E-state index is 0.153. The van der Waals surface area contributed by atoms with Gasteiger partial charge in [-0.2, -0.15) is 4.98 Å². The van der Waals surface area contributed by atoms with Gasteiger partial charge in [-0.3, -0.25) is 4.79 Å². The van der Waals surface area contributed by atoms with Crippen molar-refractivity contribution < 1.29 is 9.32 Å². The van der Waals surface area contributed by atoms with Crippen LogP contribution in [-0.2, 0) is 4.79 Å². The van der Waals surface area contributed by atoms with E-state index < -0.39 is 0 Å². The van der Waals surface area contributed by atoms with Crippen LogP contribution in [0.1, 0.15) is 25.7 Å². The molecule has 8 nitrogen and oxygen atoms in total. The third-order valence-electron chi connectivity index (χ3n) is 5.49. The van der Waals surface area contributed by atoms with Gasteiger partial charge in [-0.25, -0.2) is 9.97 Å². The van der Waals surface area contributed by atoms with E-state index in [1.54, 1.807) is 17.5 Å². The maximum atomic E-state index is 12.7. The number of aromatic nitrogens is 4. The fraction of sp³-hybridized carbons (Fsp3) is 0.348. The number of piperazine rings is 1. The molecule has 0 aliphatic carbocycles. The Hall–Kier alpha value is -2.98. The van der Waals surface area contributed by atoms with Gasteiger partial charge in [0.15, 0.2) is 4.34 Å². The van der Waals surface area contributed by atoms with Crippen molar-refractivity contribution in [2.45, 2.75) is 24.1 Å². The largest absolute Gasteiger partial charge is 0.353 e. The predicted molar refractivity (Wildman–Crippen MR) is 131 cm³/mol. The minimum atomic E-state index is 0.153. The number of benzene rings is 1. The second-order valence-electron chi connectivity index (χ2n) is 8.12. The zero-order valence-corrected chi connectivity index (χ0v) is 20.1. The fourth-order valence-electron chi connectivity index (χ4n) is 3.60. The third-order valence-corrected chi connectivity index (χ3v) is 7.66. The molecule has 5 rings (SSSR count). The van der Waals surface area contributed by atoms with Crippen LogP contribution in [0.15, 0.2) is 51.5 Å². The van der Waals surface area contributed by atoms with Gasteiger partial charge in [-0.1, -0.05) is 42.9 Å². The lowest BCUT2D eigenvalue weighted by atomic mass is 10.2. The molecule has 1 fully saturated rings. The molecule has 0 spiro atoms. The smallest absolute Gasteiger partial charge is 0.233 e. The van der Waals surface area contributed by atoms with Crippen LogP contribution in [0.3, 0.4) is 0 Å². The molecule has 1 amide bonds. The van der Waals surface area contributed by atoms with Crippen LogP contribution in [0.2, 0.25) is 0 Å². The Labute approximate surface area is 200 Å². The molecule has 0 atom stereocenters. The lowest BCUT2D eigenvalue weighted by molar-refractivity contribution is -0.128. The molecule has 1 saturated heterocycles. The standard InChI is InChI=1S/C23H24N6O2S2/c1-15(2)22-26-21(27-31-22)16-7-8-19(24-13-16)28-9-11-29(12-10-28)20(30)14-32-23-25-17-5-3-4-6-18(17)33-23/h3-8,13,15H,9-12,14H2,1-2H3. The number of carbonyl (C=O) groups excluding carboxylic acids is 1. The first-order valence-corrected chi connectivity index (χ1v) is 12.7. The fourth-order valence-corrected chi connectivity index (χ4v) is 5.58. The maximum Gasteiger partial charge on any atom is 0.233 e. The van der Waals surface area contributed by atoms with Gasteiger partial charge < -0.3 is 14.3 Å². The van der Waals surface area contributed by atoms with Gasteiger partial charge in [-0.15, -0.1) is 11.3 Å². The second-order valence-corrected chi connectivity index (χ2v) is 10.4. The predicted octanol–water partition coefficient (Wildman–Crippen LogP) is 4.31. The first-order valence-electron chi connectivity index (χ1n) is 10.9. The van der Waals surface area contributed by atoms with Crippen molar-refractivity contribution in [2.75, 3.05) is 36.8 Å². The summed E-state index contributed by atoms with van der Waals surface area (Å²) in [4.78, 5) is 30.4. The number of hydrogen-bond acceptors (Lipinski definition) is 9. The summed E-state index contributed by atoms with van der Waals surface area (Å²) in [5.74, 6) is 2.82. The molecule has 4 heterocycles. The zero-order valence-electron chi connectivity index (χ0n) is 18.5. The summed E-state index contributed by atoms with van der Waals surface area (Å²) in [5, 5.41) is 4.04. The van der Waals surface area contributed by atoms with Crippen molar-refractivity contribution in [3.63, 3.8) is 0 Å². The summed E-state index contributed by atoms with van der Waals surface area (Å²) in [5.41, 5.74) is 1.82. The summed E-state index contributed by atoms with van der Waals surface area (Å²) < 4.78 is 7.37. The SMILES string of the molecule is CC(C)c1nc(-c2ccc(N3CCN(C(=O)CSc4nc5ccccc5s4)CC3)nc2)no1. The highest BCUT2D eigenvalue weighted by atomic mass is 32.2. The lowest BCUT2D eigenvalue weighted by Gasteiger charge is -2.35. The highest BCUT2D eigenvalue weighted by Crippen LogP contribution is 2.29. The number of pyridine rings is 1. The van der Waals surface area contributed by atoms with Crippen molar-refractivity contribution >= 4 is 45.0 Å². The second kappa shape index (κ2) is 9.48. The summed E-state index contributed by atoms with van der Waals surface area (Å²) >= 11 is 3.15. The van der Waals surface area contributed by atoms with E-state index in [1.807, 2.05) is 49.1 Å². The van der Waals surface area contributed by atoms with E-state index >= 15 is 0 Å².